The second-order valence-electron chi connectivity index (χ2n) is 4.36. The van der Waals surface area contributed by atoms with Crippen molar-refractivity contribution in [1.29, 1.82) is 0 Å². The zero-order valence-corrected chi connectivity index (χ0v) is 10.4. The van der Waals surface area contributed by atoms with Crippen molar-refractivity contribution in [2.45, 2.75) is 18.9 Å². The predicted octanol–water partition coefficient (Wildman–Crippen LogP) is 1.52. The van der Waals surface area contributed by atoms with E-state index in [0.717, 1.165) is 31.5 Å². The Kier molecular flexibility index (Phi) is 5.05. The van der Waals surface area contributed by atoms with Crippen LogP contribution in [0.3, 0.4) is 0 Å². The number of hydrogen-bond donors (Lipinski definition) is 4. The number of nitrogens with two attached hydrogens (primary N) is 1. The largest absolute Gasteiger partial charge is 0.504 e. The topological polar surface area (TPSA) is 78.5 Å². The van der Waals surface area contributed by atoms with Gasteiger partial charge in [0.1, 0.15) is 0 Å². The minimum Gasteiger partial charge on any atom is -0.504 e. The maximum absolute atomic E-state index is 9.43. The van der Waals surface area contributed by atoms with Crippen LogP contribution in [-0.4, -0.2) is 23.3 Å². The molecule has 1 aromatic carbocycles. The van der Waals surface area contributed by atoms with Gasteiger partial charge in [-0.2, -0.15) is 0 Å². The molecule has 1 heterocycles. The number of benzene rings is 1. The molecule has 5 heteroatoms. The van der Waals surface area contributed by atoms with Crippen molar-refractivity contribution in [3.05, 3.63) is 23.8 Å². The van der Waals surface area contributed by atoms with Gasteiger partial charge in [0, 0.05) is 6.04 Å². The maximum atomic E-state index is 9.43. The summed E-state index contributed by atoms with van der Waals surface area (Å²) in [6, 6.07) is 4.77. The van der Waals surface area contributed by atoms with Crippen molar-refractivity contribution in [3.63, 3.8) is 0 Å². The Morgan fingerprint density at radius 3 is 2.41 bits per heavy atom. The number of rotatable bonds is 2. The van der Waals surface area contributed by atoms with Crippen LogP contribution in [0.15, 0.2) is 18.2 Å². The van der Waals surface area contributed by atoms with Crippen LogP contribution in [0.4, 0.5) is 0 Å². The Bertz CT molecular complexity index is 368. The van der Waals surface area contributed by atoms with Gasteiger partial charge in [-0.15, -0.1) is 12.4 Å². The Hall–Kier alpha value is -0.970. The summed E-state index contributed by atoms with van der Waals surface area (Å²) in [6.45, 7) is 2.00. The summed E-state index contributed by atoms with van der Waals surface area (Å²) < 4.78 is 0. The number of aromatic hydroxyl groups is 2. The smallest absolute Gasteiger partial charge is 0.157 e. The summed E-state index contributed by atoms with van der Waals surface area (Å²) >= 11 is 0. The summed E-state index contributed by atoms with van der Waals surface area (Å²) in [6.07, 6.45) is 2.12. The van der Waals surface area contributed by atoms with Gasteiger partial charge in [0.15, 0.2) is 11.5 Å². The van der Waals surface area contributed by atoms with Crippen LogP contribution < -0.4 is 11.1 Å². The predicted molar refractivity (Wildman–Crippen MR) is 69.5 cm³/mol. The molecule has 0 saturated carbocycles. The number of phenols is 2. The van der Waals surface area contributed by atoms with Gasteiger partial charge >= 0.3 is 0 Å². The van der Waals surface area contributed by atoms with Gasteiger partial charge in [-0.1, -0.05) is 6.07 Å². The van der Waals surface area contributed by atoms with Crippen molar-refractivity contribution >= 4 is 12.4 Å². The van der Waals surface area contributed by atoms with Crippen LogP contribution in [0.25, 0.3) is 0 Å². The molecule has 1 atom stereocenters. The molecule has 0 amide bonds. The molecule has 0 spiro atoms. The molecule has 0 unspecified atom stereocenters. The van der Waals surface area contributed by atoms with Gasteiger partial charge in [0.2, 0.25) is 0 Å². The Labute approximate surface area is 107 Å². The monoisotopic (exact) mass is 258 g/mol. The summed E-state index contributed by atoms with van der Waals surface area (Å²) in [7, 11) is 0. The van der Waals surface area contributed by atoms with Gasteiger partial charge in [0.05, 0.1) is 0 Å². The standard InChI is InChI=1S/C12H18N2O2.ClH/c13-12(8-3-5-14-6-4-8)9-1-2-10(15)11(16)7-9;/h1-2,7-8,12,14-16H,3-6,13H2;1H/t12-;/m1./s1. The van der Waals surface area contributed by atoms with Gasteiger partial charge < -0.3 is 21.3 Å². The van der Waals surface area contributed by atoms with Crippen LogP contribution in [0.1, 0.15) is 24.4 Å². The first kappa shape index (κ1) is 14.1. The van der Waals surface area contributed by atoms with Crippen LogP contribution in [0.2, 0.25) is 0 Å². The number of piperidine rings is 1. The third kappa shape index (κ3) is 3.25. The molecule has 0 radical (unpaired) electrons. The van der Waals surface area contributed by atoms with Crippen molar-refractivity contribution in [3.8, 4) is 11.5 Å². The first-order chi connectivity index (χ1) is 7.68. The van der Waals surface area contributed by atoms with Crippen LogP contribution in [0.5, 0.6) is 11.5 Å². The molecule has 17 heavy (non-hydrogen) atoms. The van der Waals surface area contributed by atoms with Gasteiger partial charge in [0.25, 0.3) is 0 Å². The molecule has 96 valence electrons. The van der Waals surface area contributed by atoms with E-state index in [0.29, 0.717) is 5.92 Å². The summed E-state index contributed by atoms with van der Waals surface area (Å²) in [5, 5.41) is 22.0. The Morgan fingerprint density at radius 2 is 1.82 bits per heavy atom. The maximum Gasteiger partial charge on any atom is 0.157 e. The average Bonchev–Trinajstić information content (AvgIpc) is 2.33. The van der Waals surface area contributed by atoms with E-state index >= 15 is 0 Å². The molecule has 1 aliphatic rings. The highest BCUT2D eigenvalue weighted by Gasteiger charge is 2.22. The molecule has 0 bridgehead atoms. The summed E-state index contributed by atoms with van der Waals surface area (Å²) in [5.74, 6) is 0.258. The van der Waals surface area contributed by atoms with E-state index in [-0.39, 0.29) is 29.9 Å². The third-order valence-corrected chi connectivity index (χ3v) is 3.28. The second kappa shape index (κ2) is 6.10. The van der Waals surface area contributed by atoms with E-state index in [1.54, 1.807) is 12.1 Å². The zero-order valence-electron chi connectivity index (χ0n) is 9.60. The van der Waals surface area contributed by atoms with E-state index in [4.69, 9.17) is 5.73 Å². The average molecular weight is 259 g/mol. The lowest BCUT2D eigenvalue weighted by atomic mass is 9.86. The number of nitrogens with one attached hydrogen (secondary N) is 1. The van der Waals surface area contributed by atoms with Crippen molar-refractivity contribution < 1.29 is 10.2 Å². The van der Waals surface area contributed by atoms with Crippen molar-refractivity contribution in [2.75, 3.05) is 13.1 Å². The third-order valence-electron chi connectivity index (χ3n) is 3.28. The van der Waals surface area contributed by atoms with E-state index in [1.165, 1.54) is 6.07 Å². The molecule has 1 saturated heterocycles. The minimum atomic E-state index is -0.0961. The van der Waals surface area contributed by atoms with Crippen LogP contribution in [-0.2, 0) is 0 Å². The quantitative estimate of drug-likeness (QED) is 0.607. The molecular weight excluding hydrogens is 240 g/mol. The van der Waals surface area contributed by atoms with Gasteiger partial charge in [-0.25, -0.2) is 0 Å². The fraction of sp³-hybridized carbons (Fsp3) is 0.500. The summed E-state index contributed by atoms with van der Waals surface area (Å²) in [4.78, 5) is 0. The highest BCUT2D eigenvalue weighted by atomic mass is 35.5. The van der Waals surface area contributed by atoms with E-state index in [1.807, 2.05) is 0 Å². The SMILES string of the molecule is Cl.N[C@@H](c1ccc(O)c(O)c1)C1CCNCC1. The molecule has 1 fully saturated rings. The van der Waals surface area contributed by atoms with Gasteiger partial charge in [-0.05, 0) is 49.5 Å². The Morgan fingerprint density at radius 1 is 1.18 bits per heavy atom. The van der Waals surface area contributed by atoms with E-state index in [9.17, 15) is 10.2 Å². The van der Waals surface area contributed by atoms with E-state index < -0.39 is 0 Å². The normalized spacial score (nSPS) is 18.4. The molecule has 2 rings (SSSR count). The molecule has 0 aromatic heterocycles. The van der Waals surface area contributed by atoms with Gasteiger partial charge in [-0.3, -0.25) is 0 Å². The molecule has 1 aromatic rings. The second-order valence-corrected chi connectivity index (χ2v) is 4.36. The van der Waals surface area contributed by atoms with Crippen LogP contribution in [0, 0.1) is 5.92 Å². The fourth-order valence-corrected chi connectivity index (χ4v) is 2.22. The number of phenolic OH excluding ortho intramolecular Hbond substituents is 2. The number of hydrogen-bond acceptors (Lipinski definition) is 4. The summed E-state index contributed by atoms with van der Waals surface area (Å²) in [5.41, 5.74) is 7.06. The molecule has 4 nitrogen and oxygen atoms in total. The lowest BCUT2D eigenvalue weighted by Gasteiger charge is -2.28. The minimum absolute atomic E-state index is 0. The van der Waals surface area contributed by atoms with Crippen LogP contribution >= 0.6 is 12.4 Å². The fourth-order valence-electron chi connectivity index (χ4n) is 2.22. The first-order valence-corrected chi connectivity index (χ1v) is 5.66. The molecule has 0 aliphatic carbocycles. The number of halogens is 1. The zero-order chi connectivity index (χ0) is 11.5. The lowest BCUT2D eigenvalue weighted by Crippen LogP contribution is -2.33. The van der Waals surface area contributed by atoms with E-state index in [2.05, 4.69) is 5.32 Å². The van der Waals surface area contributed by atoms with Crippen molar-refractivity contribution in [2.24, 2.45) is 11.7 Å². The highest BCUT2D eigenvalue weighted by Crippen LogP contribution is 2.32. The lowest BCUT2D eigenvalue weighted by molar-refractivity contribution is 0.321. The molecule has 5 N–H and O–H groups in total. The van der Waals surface area contributed by atoms with Crippen molar-refractivity contribution in [1.82, 2.24) is 5.32 Å². The molecule has 1 aliphatic heterocycles. The molecular formula is C12H19ClN2O2. The first-order valence-electron chi connectivity index (χ1n) is 5.66. The Balaban J connectivity index is 0.00000144. The highest BCUT2D eigenvalue weighted by molar-refractivity contribution is 5.85.